The normalized spacial score (nSPS) is 12.7. The minimum Gasteiger partial charge on any atom is -0.318 e. The van der Waals surface area contributed by atoms with Gasteiger partial charge in [0.15, 0.2) is 0 Å². The predicted octanol–water partition coefficient (Wildman–Crippen LogP) is 8.35. The number of hydrogen-bond acceptors (Lipinski definition) is 0. The molecule has 23 heavy (non-hydrogen) atoms. The lowest BCUT2D eigenvalue weighted by atomic mass is 10.1. The number of hydrogen-bond donors (Lipinski definition) is 0. The highest BCUT2D eigenvalue weighted by Gasteiger charge is 2.08. The van der Waals surface area contributed by atoms with E-state index in [2.05, 4.69) is 13.8 Å². The van der Waals surface area contributed by atoms with Gasteiger partial charge in [0.05, 0.1) is 0 Å². The molecule has 0 heterocycles. The van der Waals surface area contributed by atoms with E-state index < -0.39 is 9.13 Å². The standard InChI is InChI=1S/C21H45FSi/c1-3-5-7-9-11-12-13-14-15-17-19-21-23(22)20-18-16-10-8-6-4-2/h23H,3-21H2,1-2H3. The van der Waals surface area contributed by atoms with Crippen LogP contribution >= 0.6 is 0 Å². The molecule has 0 N–H and O–H groups in total. The quantitative estimate of drug-likeness (QED) is 0.125. The van der Waals surface area contributed by atoms with E-state index in [9.17, 15) is 4.11 Å². The van der Waals surface area contributed by atoms with Crippen molar-refractivity contribution in [2.75, 3.05) is 0 Å². The van der Waals surface area contributed by atoms with E-state index in [1.54, 1.807) is 0 Å². The fourth-order valence-electron chi connectivity index (χ4n) is 3.32. The number of rotatable bonds is 19. The lowest BCUT2D eigenvalue weighted by Crippen LogP contribution is -2.04. The third kappa shape index (κ3) is 20.1. The molecule has 0 bridgehead atoms. The van der Waals surface area contributed by atoms with Crippen LogP contribution in [0.25, 0.3) is 0 Å². The van der Waals surface area contributed by atoms with Gasteiger partial charge in [-0.2, -0.15) is 0 Å². The summed E-state index contributed by atoms with van der Waals surface area (Å²) in [4.78, 5) is 0. The summed E-state index contributed by atoms with van der Waals surface area (Å²) in [6, 6.07) is 1.90. The fraction of sp³-hybridized carbons (Fsp3) is 1.00. The first-order chi connectivity index (χ1) is 11.3. The molecule has 0 aromatic heterocycles. The average molecular weight is 345 g/mol. The molecule has 0 amide bonds. The summed E-state index contributed by atoms with van der Waals surface area (Å²) >= 11 is 0. The van der Waals surface area contributed by atoms with E-state index in [1.165, 1.54) is 103 Å². The third-order valence-electron chi connectivity index (χ3n) is 4.99. The van der Waals surface area contributed by atoms with Crippen LogP contribution in [0.2, 0.25) is 12.1 Å². The zero-order valence-electron chi connectivity index (χ0n) is 16.4. The molecule has 140 valence electrons. The summed E-state index contributed by atoms with van der Waals surface area (Å²) in [5.41, 5.74) is 0. The molecule has 0 aliphatic carbocycles. The Hall–Kier alpha value is 0.147. The Kier molecular flexibility index (Phi) is 20.3. The fourth-order valence-corrected chi connectivity index (χ4v) is 5.07. The molecular formula is C21H45FSi. The van der Waals surface area contributed by atoms with Crippen molar-refractivity contribution in [3.05, 3.63) is 0 Å². The Labute approximate surface area is 148 Å². The minimum atomic E-state index is -1.84. The molecule has 0 radical (unpaired) electrons. The molecule has 0 fully saturated rings. The predicted molar refractivity (Wildman–Crippen MR) is 108 cm³/mol. The summed E-state index contributed by atoms with van der Waals surface area (Å²) in [5, 5.41) is 0. The maximum atomic E-state index is 13.9. The summed E-state index contributed by atoms with van der Waals surface area (Å²) in [5.74, 6) is 0. The first-order valence-corrected chi connectivity index (χ1v) is 13.0. The SMILES string of the molecule is CCCCCCCCCCCCC[SiH](F)CCCCCCCC. The van der Waals surface area contributed by atoms with Gasteiger partial charge < -0.3 is 4.11 Å². The second-order valence-electron chi connectivity index (χ2n) is 7.48. The molecule has 0 aliphatic heterocycles. The van der Waals surface area contributed by atoms with Gasteiger partial charge in [-0.3, -0.25) is 0 Å². The average Bonchev–Trinajstić information content (AvgIpc) is 2.56. The van der Waals surface area contributed by atoms with Crippen LogP contribution in [0.15, 0.2) is 0 Å². The number of unbranched alkanes of at least 4 members (excludes halogenated alkanes) is 15. The highest BCUT2D eigenvalue weighted by atomic mass is 28.3. The van der Waals surface area contributed by atoms with Crippen LogP contribution in [0.5, 0.6) is 0 Å². The largest absolute Gasteiger partial charge is 0.318 e. The van der Waals surface area contributed by atoms with E-state index in [-0.39, 0.29) is 0 Å². The molecule has 2 heteroatoms. The van der Waals surface area contributed by atoms with Crippen LogP contribution in [-0.2, 0) is 0 Å². The van der Waals surface area contributed by atoms with Crippen molar-refractivity contribution in [2.45, 2.75) is 135 Å². The molecule has 0 saturated heterocycles. The van der Waals surface area contributed by atoms with E-state index in [1.807, 2.05) is 0 Å². The zero-order valence-corrected chi connectivity index (χ0v) is 17.5. The number of halogens is 1. The molecule has 0 saturated carbocycles. The molecule has 0 aliphatic rings. The summed E-state index contributed by atoms with van der Waals surface area (Å²) in [7, 11) is -1.84. The van der Waals surface area contributed by atoms with E-state index in [0.717, 1.165) is 18.5 Å². The summed E-state index contributed by atoms with van der Waals surface area (Å²) in [6.07, 6.45) is 22.8. The van der Waals surface area contributed by atoms with Crippen LogP contribution in [-0.4, -0.2) is 9.13 Å². The van der Waals surface area contributed by atoms with Crippen LogP contribution in [0, 0.1) is 0 Å². The first-order valence-electron chi connectivity index (χ1n) is 10.9. The van der Waals surface area contributed by atoms with Crippen molar-refractivity contribution in [1.29, 1.82) is 0 Å². The van der Waals surface area contributed by atoms with E-state index in [0.29, 0.717) is 0 Å². The summed E-state index contributed by atoms with van der Waals surface area (Å²) in [6.45, 7) is 4.52. The minimum absolute atomic E-state index is 0.948. The van der Waals surface area contributed by atoms with Gasteiger partial charge in [-0.15, -0.1) is 0 Å². The van der Waals surface area contributed by atoms with Crippen molar-refractivity contribution in [1.82, 2.24) is 0 Å². The molecule has 0 nitrogen and oxygen atoms in total. The second kappa shape index (κ2) is 20.2. The summed E-state index contributed by atoms with van der Waals surface area (Å²) < 4.78 is 13.9. The lowest BCUT2D eigenvalue weighted by Gasteiger charge is -2.06. The molecule has 1 unspecified atom stereocenters. The molecule has 1 atom stereocenters. The van der Waals surface area contributed by atoms with Gasteiger partial charge in [0.1, 0.15) is 0 Å². The van der Waals surface area contributed by atoms with Crippen molar-refractivity contribution in [3.8, 4) is 0 Å². The highest BCUT2D eigenvalue weighted by Crippen LogP contribution is 2.16. The Bertz CT molecular complexity index is 208. The maximum Gasteiger partial charge on any atom is 0.231 e. The van der Waals surface area contributed by atoms with Gasteiger partial charge in [-0.25, -0.2) is 0 Å². The highest BCUT2D eigenvalue weighted by molar-refractivity contribution is 6.50. The van der Waals surface area contributed by atoms with Crippen molar-refractivity contribution < 1.29 is 4.11 Å². The molecular weight excluding hydrogens is 299 g/mol. The van der Waals surface area contributed by atoms with Gasteiger partial charge in [0.25, 0.3) is 0 Å². The van der Waals surface area contributed by atoms with Crippen LogP contribution in [0.4, 0.5) is 4.11 Å². The van der Waals surface area contributed by atoms with Crippen LogP contribution in [0.3, 0.4) is 0 Å². The third-order valence-corrected chi connectivity index (χ3v) is 7.06. The lowest BCUT2D eigenvalue weighted by molar-refractivity contribution is 0.552. The van der Waals surface area contributed by atoms with Crippen LogP contribution in [0.1, 0.15) is 123 Å². The van der Waals surface area contributed by atoms with Gasteiger partial charge in [-0.1, -0.05) is 123 Å². The Morgan fingerprint density at radius 1 is 0.435 bits per heavy atom. The molecule has 0 aromatic carbocycles. The van der Waals surface area contributed by atoms with Crippen molar-refractivity contribution >= 4 is 9.13 Å². The molecule has 0 aromatic rings. The van der Waals surface area contributed by atoms with E-state index >= 15 is 0 Å². The monoisotopic (exact) mass is 344 g/mol. The topological polar surface area (TPSA) is 0 Å². The smallest absolute Gasteiger partial charge is 0.231 e. The Morgan fingerprint density at radius 2 is 0.696 bits per heavy atom. The van der Waals surface area contributed by atoms with Gasteiger partial charge in [0.2, 0.25) is 9.13 Å². The van der Waals surface area contributed by atoms with Crippen molar-refractivity contribution in [2.24, 2.45) is 0 Å². The molecule has 0 spiro atoms. The zero-order chi connectivity index (χ0) is 17.0. The first kappa shape index (κ1) is 23.1. The Balaban J connectivity index is 3.10. The second-order valence-corrected chi connectivity index (χ2v) is 9.83. The molecule has 0 rings (SSSR count). The van der Waals surface area contributed by atoms with Gasteiger partial charge in [0, 0.05) is 0 Å². The maximum absolute atomic E-state index is 13.9. The van der Waals surface area contributed by atoms with Crippen molar-refractivity contribution in [3.63, 3.8) is 0 Å². The van der Waals surface area contributed by atoms with Gasteiger partial charge in [-0.05, 0) is 12.1 Å². The Morgan fingerprint density at radius 3 is 1.00 bits per heavy atom. The van der Waals surface area contributed by atoms with Crippen LogP contribution < -0.4 is 0 Å². The van der Waals surface area contributed by atoms with Gasteiger partial charge >= 0.3 is 0 Å². The van der Waals surface area contributed by atoms with E-state index in [4.69, 9.17) is 0 Å².